The van der Waals surface area contributed by atoms with Gasteiger partial charge >= 0.3 is 0 Å². The topological polar surface area (TPSA) is 97.0 Å². The van der Waals surface area contributed by atoms with Crippen molar-refractivity contribution >= 4 is 23.2 Å². The van der Waals surface area contributed by atoms with Crippen molar-refractivity contribution in [2.45, 2.75) is 19.9 Å². The molecule has 0 unspecified atom stereocenters. The average Bonchev–Trinajstić information content (AvgIpc) is 2.68. The minimum Gasteiger partial charge on any atom is -0.366 e. The van der Waals surface area contributed by atoms with E-state index in [0.29, 0.717) is 18.1 Å². The lowest BCUT2D eigenvalue weighted by Gasteiger charge is -2.31. The molecule has 0 spiro atoms. The first kappa shape index (κ1) is 17.0. The molecule has 3 heterocycles. The van der Waals surface area contributed by atoms with Crippen LogP contribution in [0.25, 0.3) is 0 Å². The molecule has 0 bridgehead atoms. The van der Waals surface area contributed by atoms with E-state index < -0.39 is 5.91 Å². The first-order chi connectivity index (χ1) is 13.1. The van der Waals surface area contributed by atoms with Gasteiger partial charge in [0, 0.05) is 60.6 Å². The van der Waals surface area contributed by atoms with Crippen LogP contribution >= 0.6 is 0 Å². The summed E-state index contributed by atoms with van der Waals surface area (Å²) in [7, 11) is 0. The Bertz CT molecular complexity index is 989. The van der Waals surface area contributed by atoms with Gasteiger partial charge in [-0.05, 0) is 36.8 Å². The fraction of sp³-hybridized carbons (Fsp3) is 0.200. The normalized spacial score (nSPS) is 13.1. The molecule has 1 aromatic carbocycles. The van der Waals surface area contributed by atoms with Crippen molar-refractivity contribution in [3.05, 3.63) is 71.3 Å². The molecule has 1 aliphatic rings. The van der Waals surface area contributed by atoms with Crippen molar-refractivity contribution in [2.24, 2.45) is 5.73 Å². The van der Waals surface area contributed by atoms with Crippen molar-refractivity contribution < 1.29 is 4.79 Å². The number of nitrogens with two attached hydrogens (primary N) is 1. The Hall–Kier alpha value is -3.48. The Kier molecular flexibility index (Phi) is 4.42. The van der Waals surface area contributed by atoms with E-state index in [9.17, 15) is 4.79 Å². The van der Waals surface area contributed by atoms with Gasteiger partial charge < -0.3 is 16.0 Å². The van der Waals surface area contributed by atoms with E-state index in [4.69, 9.17) is 5.73 Å². The van der Waals surface area contributed by atoms with Crippen LogP contribution in [0.4, 0.5) is 17.3 Å². The SMILES string of the molecule is Cc1ccc(C(N)=O)cc1N1CCc2nc(Nc3ccncc3)ncc2C1. The molecular formula is C20H20N6O. The van der Waals surface area contributed by atoms with Crippen LogP contribution in [0, 0.1) is 6.92 Å². The van der Waals surface area contributed by atoms with E-state index in [1.54, 1.807) is 18.5 Å². The summed E-state index contributed by atoms with van der Waals surface area (Å²) in [5, 5.41) is 3.20. The van der Waals surface area contributed by atoms with Gasteiger partial charge in [0.2, 0.25) is 11.9 Å². The molecule has 0 fully saturated rings. The third kappa shape index (κ3) is 3.57. The van der Waals surface area contributed by atoms with Crippen molar-refractivity contribution in [1.82, 2.24) is 15.0 Å². The van der Waals surface area contributed by atoms with Crippen LogP contribution in [0.2, 0.25) is 0 Å². The largest absolute Gasteiger partial charge is 0.366 e. The van der Waals surface area contributed by atoms with Crippen molar-refractivity contribution in [3.63, 3.8) is 0 Å². The van der Waals surface area contributed by atoms with Gasteiger partial charge in [0.05, 0.1) is 5.69 Å². The predicted molar refractivity (Wildman–Crippen MR) is 104 cm³/mol. The molecule has 136 valence electrons. The second-order valence-corrected chi connectivity index (χ2v) is 6.56. The number of benzene rings is 1. The number of nitrogens with zero attached hydrogens (tertiary/aromatic N) is 4. The first-order valence-corrected chi connectivity index (χ1v) is 8.77. The van der Waals surface area contributed by atoms with Crippen LogP contribution in [-0.2, 0) is 13.0 Å². The smallest absolute Gasteiger partial charge is 0.248 e. The molecule has 7 heteroatoms. The Labute approximate surface area is 157 Å². The minimum atomic E-state index is -0.413. The molecule has 27 heavy (non-hydrogen) atoms. The molecular weight excluding hydrogens is 340 g/mol. The molecule has 3 N–H and O–H groups in total. The molecule has 3 aromatic rings. The summed E-state index contributed by atoms with van der Waals surface area (Å²) in [6.07, 6.45) is 6.12. The molecule has 2 aromatic heterocycles. The summed E-state index contributed by atoms with van der Waals surface area (Å²) < 4.78 is 0. The number of aromatic nitrogens is 3. The zero-order valence-electron chi connectivity index (χ0n) is 15.0. The number of aryl methyl sites for hydroxylation is 1. The zero-order chi connectivity index (χ0) is 18.8. The predicted octanol–water partition coefficient (Wildman–Crippen LogP) is 2.59. The maximum absolute atomic E-state index is 11.5. The molecule has 0 saturated carbocycles. The quantitative estimate of drug-likeness (QED) is 0.742. The van der Waals surface area contributed by atoms with Crippen LogP contribution in [0.1, 0.15) is 27.2 Å². The van der Waals surface area contributed by atoms with E-state index in [0.717, 1.165) is 41.2 Å². The number of amides is 1. The lowest BCUT2D eigenvalue weighted by Crippen LogP contribution is -2.32. The van der Waals surface area contributed by atoms with Crippen molar-refractivity contribution in [2.75, 3.05) is 16.8 Å². The van der Waals surface area contributed by atoms with Gasteiger partial charge in [-0.3, -0.25) is 9.78 Å². The Balaban J connectivity index is 1.56. The van der Waals surface area contributed by atoms with E-state index in [1.807, 2.05) is 37.4 Å². The minimum absolute atomic E-state index is 0.413. The van der Waals surface area contributed by atoms with Crippen molar-refractivity contribution in [3.8, 4) is 0 Å². The number of hydrogen-bond acceptors (Lipinski definition) is 6. The molecule has 0 radical (unpaired) electrons. The number of fused-ring (bicyclic) bond motifs is 1. The van der Waals surface area contributed by atoms with Gasteiger partial charge in [-0.1, -0.05) is 6.07 Å². The van der Waals surface area contributed by atoms with Crippen LogP contribution < -0.4 is 16.0 Å². The average molecular weight is 360 g/mol. The summed E-state index contributed by atoms with van der Waals surface area (Å²) in [5.41, 5.74) is 11.1. The molecule has 0 saturated heterocycles. The lowest BCUT2D eigenvalue weighted by atomic mass is 10.0. The van der Waals surface area contributed by atoms with Gasteiger partial charge in [-0.2, -0.15) is 0 Å². The third-order valence-corrected chi connectivity index (χ3v) is 4.70. The number of primary amides is 1. The Morgan fingerprint density at radius 1 is 1.22 bits per heavy atom. The van der Waals surface area contributed by atoms with Gasteiger partial charge in [0.25, 0.3) is 0 Å². The molecule has 4 rings (SSSR count). The Morgan fingerprint density at radius 2 is 2.04 bits per heavy atom. The van der Waals surface area contributed by atoms with Gasteiger partial charge in [-0.15, -0.1) is 0 Å². The molecule has 1 amide bonds. The fourth-order valence-electron chi connectivity index (χ4n) is 3.25. The highest BCUT2D eigenvalue weighted by Crippen LogP contribution is 2.28. The second-order valence-electron chi connectivity index (χ2n) is 6.56. The standard InChI is InChI=1S/C20H20N6O/c1-13-2-3-14(19(21)27)10-18(13)26-9-6-17-15(12-26)11-23-20(25-17)24-16-4-7-22-8-5-16/h2-5,7-8,10-11H,6,9,12H2,1H3,(H2,21,27)(H,22,23,24,25). The molecule has 0 atom stereocenters. The summed E-state index contributed by atoms with van der Waals surface area (Å²) in [6, 6.07) is 9.31. The van der Waals surface area contributed by atoms with Gasteiger partial charge in [-0.25, -0.2) is 9.97 Å². The maximum atomic E-state index is 11.5. The summed E-state index contributed by atoms with van der Waals surface area (Å²) in [5.74, 6) is 0.170. The highest BCUT2D eigenvalue weighted by molar-refractivity contribution is 5.94. The zero-order valence-corrected chi connectivity index (χ0v) is 15.0. The highest BCUT2D eigenvalue weighted by Gasteiger charge is 2.20. The summed E-state index contributed by atoms with van der Waals surface area (Å²) >= 11 is 0. The van der Waals surface area contributed by atoms with Crippen LogP contribution in [0.15, 0.2) is 48.9 Å². The van der Waals surface area contributed by atoms with Crippen LogP contribution in [0.5, 0.6) is 0 Å². The van der Waals surface area contributed by atoms with E-state index in [1.165, 1.54) is 0 Å². The molecule has 0 aliphatic carbocycles. The lowest BCUT2D eigenvalue weighted by molar-refractivity contribution is 0.100. The van der Waals surface area contributed by atoms with E-state index in [2.05, 4.69) is 25.2 Å². The number of carbonyl (C=O) groups is 1. The van der Waals surface area contributed by atoms with Crippen LogP contribution in [-0.4, -0.2) is 27.4 Å². The number of anilines is 3. The third-order valence-electron chi connectivity index (χ3n) is 4.70. The highest BCUT2D eigenvalue weighted by atomic mass is 16.1. The Morgan fingerprint density at radius 3 is 2.81 bits per heavy atom. The van der Waals surface area contributed by atoms with E-state index >= 15 is 0 Å². The van der Waals surface area contributed by atoms with E-state index in [-0.39, 0.29) is 0 Å². The van der Waals surface area contributed by atoms with Crippen LogP contribution in [0.3, 0.4) is 0 Å². The monoisotopic (exact) mass is 360 g/mol. The summed E-state index contributed by atoms with van der Waals surface area (Å²) in [6.45, 7) is 3.56. The number of rotatable bonds is 4. The second kappa shape index (κ2) is 7.03. The van der Waals surface area contributed by atoms with Crippen molar-refractivity contribution in [1.29, 1.82) is 0 Å². The molecule has 1 aliphatic heterocycles. The molecule has 7 nitrogen and oxygen atoms in total. The number of nitrogens with one attached hydrogen (secondary N) is 1. The van der Waals surface area contributed by atoms with Gasteiger partial charge in [0.1, 0.15) is 0 Å². The summed E-state index contributed by atoms with van der Waals surface area (Å²) in [4.78, 5) is 26.9. The number of carbonyl (C=O) groups excluding carboxylic acids is 1. The first-order valence-electron chi connectivity index (χ1n) is 8.77. The number of pyridine rings is 1. The van der Waals surface area contributed by atoms with Gasteiger partial charge in [0.15, 0.2) is 0 Å². The maximum Gasteiger partial charge on any atom is 0.248 e. The fourth-order valence-corrected chi connectivity index (χ4v) is 3.25. The number of hydrogen-bond donors (Lipinski definition) is 2.